The summed E-state index contributed by atoms with van der Waals surface area (Å²) in [6.07, 6.45) is 3.16. The average Bonchev–Trinajstić information content (AvgIpc) is 3.51. The highest BCUT2D eigenvalue weighted by Crippen LogP contribution is 2.51. The van der Waals surface area contributed by atoms with Crippen LogP contribution in [-0.4, -0.2) is 96.9 Å². The van der Waals surface area contributed by atoms with Crippen LogP contribution in [0, 0.1) is 11.8 Å². The zero-order valence-corrected chi connectivity index (χ0v) is 22.1. The number of hydrogen-bond acceptors (Lipinski definition) is 10. The predicted octanol–water partition coefficient (Wildman–Crippen LogP) is 0.799. The molecular weight excluding hydrogens is 492 g/mol. The largest absolute Gasteiger partial charge is 0.500 e. The van der Waals surface area contributed by atoms with Gasteiger partial charge in [-0.2, -0.15) is 0 Å². The van der Waals surface area contributed by atoms with Gasteiger partial charge in [0.15, 0.2) is 0 Å². The lowest BCUT2D eigenvalue weighted by Crippen LogP contribution is -2.44. The van der Waals surface area contributed by atoms with Gasteiger partial charge < -0.3 is 32.8 Å². The fraction of sp³-hybridized carbons (Fsp3) is 0.652. The molecule has 0 aromatic carbocycles. The first-order chi connectivity index (χ1) is 17.1. The third-order valence-electron chi connectivity index (χ3n) is 6.64. The van der Waals surface area contributed by atoms with Crippen LogP contribution in [-0.2, 0) is 41.9 Å². The van der Waals surface area contributed by atoms with Crippen LogP contribution in [0.4, 0.5) is 4.79 Å². The lowest BCUT2D eigenvalue weighted by atomic mass is 9.77. The van der Waals surface area contributed by atoms with Crippen molar-refractivity contribution in [3.05, 3.63) is 24.3 Å². The summed E-state index contributed by atoms with van der Waals surface area (Å²) in [5, 5.41) is 2.64. The molecule has 200 valence electrons. The lowest BCUT2D eigenvalue weighted by Gasteiger charge is -2.28. The standard InChI is InChI=1S/C23H34N2O10Si/c1-15(2)21(28)34-14-23-9-8-16(35-23)17-18(23)20(27)25(19(17)26)11-7-12-33-22(29)24-10-6-13-36(30-3,31-4)32-5/h8-9,16-18H,1,6-7,10-14H2,2-5H3,(H,24,29)/t16?,17?,18?,23-/m1/s1. The molecule has 36 heavy (non-hydrogen) atoms. The van der Waals surface area contributed by atoms with Gasteiger partial charge in [-0.15, -0.1) is 0 Å². The number of likely N-dealkylation sites (tertiary alicyclic amines) is 1. The van der Waals surface area contributed by atoms with E-state index >= 15 is 0 Å². The van der Waals surface area contributed by atoms with Gasteiger partial charge in [-0.1, -0.05) is 12.7 Å². The molecule has 3 amide bonds. The van der Waals surface area contributed by atoms with E-state index < -0.39 is 44.4 Å². The molecule has 0 aromatic heterocycles. The number of amides is 3. The Hall–Kier alpha value is -2.58. The summed E-state index contributed by atoms with van der Waals surface area (Å²) in [5.41, 5.74) is -0.929. The number of nitrogens with one attached hydrogen (secondary N) is 1. The maximum Gasteiger partial charge on any atom is 0.500 e. The molecule has 0 radical (unpaired) electrons. The van der Waals surface area contributed by atoms with Gasteiger partial charge in [0.25, 0.3) is 0 Å². The Morgan fingerprint density at radius 2 is 1.83 bits per heavy atom. The topological polar surface area (TPSA) is 139 Å². The van der Waals surface area contributed by atoms with Crippen molar-refractivity contribution in [2.75, 3.05) is 47.6 Å². The fourth-order valence-corrected chi connectivity index (χ4v) is 6.46. The second-order valence-corrected chi connectivity index (χ2v) is 12.0. The number of rotatable bonds is 14. The van der Waals surface area contributed by atoms with E-state index in [1.54, 1.807) is 12.2 Å². The first-order valence-corrected chi connectivity index (χ1v) is 13.7. The van der Waals surface area contributed by atoms with Gasteiger partial charge in [0.2, 0.25) is 11.8 Å². The minimum absolute atomic E-state index is 0.0324. The van der Waals surface area contributed by atoms with E-state index in [0.717, 1.165) is 0 Å². The second kappa shape index (κ2) is 11.6. The molecule has 0 aliphatic carbocycles. The van der Waals surface area contributed by atoms with Crippen LogP contribution in [0.1, 0.15) is 19.8 Å². The van der Waals surface area contributed by atoms with Crippen LogP contribution < -0.4 is 5.32 Å². The summed E-state index contributed by atoms with van der Waals surface area (Å²) in [6.45, 7) is 5.38. The van der Waals surface area contributed by atoms with E-state index in [9.17, 15) is 19.2 Å². The van der Waals surface area contributed by atoms with Crippen LogP contribution in [0.2, 0.25) is 6.04 Å². The number of esters is 1. The van der Waals surface area contributed by atoms with Crippen molar-refractivity contribution in [2.45, 2.75) is 37.5 Å². The van der Waals surface area contributed by atoms with Gasteiger partial charge in [-0.3, -0.25) is 14.5 Å². The van der Waals surface area contributed by atoms with E-state index in [4.69, 9.17) is 27.5 Å². The average molecular weight is 527 g/mol. The van der Waals surface area contributed by atoms with Crippen LogP contribution in [0.25, 0.3) is 0 Å². The highest BCUT2D eigenvalue weighted by Gasteiger charge is 2.67. The van der Waals surface area contributed by atoms with Crippen LogP contribution >= 0.6 is 0 Å². The molecular formula is C23H34N2O10Si. The van der Waals surface area contributed by atoms with Crippen molar-refractivity contribution < 1.29 is 46.7 Å². The molecule has 2 fully saturated rings. The van der Waals surface area contributed by atoms with Gasteiger partial charge in [0.1, 0.15) is 12.2 Å². The Morgan fingerprint density at radius 3 is 2.47 bits per heavy atom. The van der Waals surface area contributed by atoms with E-state index in [2.05, 4.69) is 11.9 Å². The molecule has 1 N–H and O–H groups in total. The number of carbonyl (C=O) groups is 4. The Balaban J connectivity index is 1.42. The first-order valence-electron chi connectivity index (χ1n) is 11.7. The first kappa shape index (κ1) is 28.0. The van der Waals surface area contributed by atoms with Crippen LogP contribution in [0.3, 0.4) is 0 Å². The Bertz CT molecular complexity index is 912. The van der Waals surface area contributed by atoms with Gasteiger partial charge in [-0.05, 0) is 25.8 Å². The van der Waals surface area contributed by atoms with Crippen LogP contribution in [0.5, 0.6) is 0 Å². The van der Waals surface area contributed by atoms with Crippen molar-refractivity contribution in [2.24, 2.45) is 11.8 Å². The number of ether oxygens (including phenoxy) is 3. The lowest BCUT2D eigenvalue weighted by molar-refractivity contribution is -0.153. The molecule has 3 heterocycles. The summed E-state index contributed by atoms with van der Waals surface area (Å²) < 4.78 is 32.3. The van der Waals surface area contributed by atoms with Gasteiger partial charge in [-0.25, -0.2) is 9.59 Å². The minimum Gasteiger partial charge on any atom is -0.459 e. The van der Waals surface area contributed by atoms with Crippen molar-refractivity contribution in [3.8, 4) is 0 Å². The van der Waals surface area contributed by atoms with Crippen molar-refractivity contribution in [1.82, 2.24) is 10.2 Å². The number of hydrogen-bond donors (Lipinski definition) is 1. The third-order valence-corrected chi connectivity index (χ3v) is 9.48. The maximum atomic E-state index is 13.1. The van der Waals surface area contributed by atoms with Crippen molar-refractivity contribution in [1.29, 1.82) is 0 Å². The molecule has 13 heteroatoms. The second-order valence-electron chi connectivity index (χ2n) is 8.90. The predicted molar refractivity (Wildman–Crippen MR) is 126 cm³/mol. The molecule has 0 spiro atoms. The highest BCUT2D eigenvalue weighted by molar-refractivity contribution is 6.60. The zero-order valence-electron chi connectivity index (χ0n) is 21.1. The van der Waals surface area contributed by atoms with Gasteiger partial charge in [0, 0.05) is 46.0 Å². The van der Waals surface area contributed by atoms with Crippen molar-refractivity contribution in [3.63, 3.8) is 0 Å². The molecule has 3 unspecified atom stereocenters. The number of imide groups is 1. The molecule has 2 saturated heterocycles. The number of fused-ring (bicyclic) bond motifs is 5. The van der Waals surface area contributed by atoms with E-state index in [1.807, 2.05) is 0 Å². The molecule has 0 aromatic rings. The van der Waals surface area contributed by atoms with Crippen LogP contribution in [0.15, 0.2) is 24.3 Å². The summed E-state index contributed by atoms with van der Waals surface area (Å²) in [7, 11) is 1.88. The van der Waals surface area contributed by atoms with Gasteiger partial charge in [0.05, 0.1) is 24.5 Å². The molecule has 3 aliphatic rings. The molecule has 2 bridgehead atoms. The fourth-order valence-electron chi connectivity index (χ4n) is 4.74. The van der Waals surface area contributed by atoms with E-state index in [-0.39, 0.29) is 43.6 Å². The van der Waals surface area contributed by atoms with E-state index in [1.165, 1.54) is 33.2 Å². The Kier molecular flexibility index (Phi) is 9.06. The van der Waals surface area contributed by atoms with E-state index in [0.29, 0.717) is 19.0 Å². The number of nitrogens with zero attached hydrogens (tertiary/aromatic N) is 1. The number of alkyl carbamates (subject to hydrolysis) is 1. The molecule has 12 nitrogen and oxygen atoms in total. The summed E-state index contributed by atoms with van der Waals surface area (Å²) in [5.74, 6) is -2.72. The van der Waals surface area contributed by atoms with Gasteiger partial charge >= 0.3 is 20.9 Å². The molecule has 3 rings (SSSR count). The highest BCUT2D eigenvalue weighted by atomic mass is 28.4. The normalized spacial score (nSPS) is 26.3. The Morgan fingerprint density at radius 1 is 1.14 bits per heavy atom. The molecule has 3 aliphatic heterocycles. The summed E-state index contributed by atoms with van der Waals surface area (Å²) in [4.78, 5) is 51.0. The quantitative estimate of drug-likeness (QED) is 0.0863. The van der Waals surface area contributed by atoms with Crippen molar-refractivity contribution >= 4 is 32.7 Å². The summed E-state index contributed by atoms with van der Waals surface area (Å²) in [6, 6.07) is 0.533. The molecule has 0 saturated carbocycles. The third kappa shape index (κ3) is 5.54. The SMILES string of the molecule is C=C(C)C(=O)OC[C@@]12C=CC(O1)C1C(=O)N(CCCOC(=O)NCCC[Si](OC)(OC)OC)C(=O)C12. The molecule has 4 atom stereocenters. The smallest absolute Gasteiger partial charge is 0.459 e. The number of carbonyl (C=O) groups excluding carboxylic acids is 4. The minimum atomic E-state index is -2.69. The zero-order chi connectivity index (χ0) is 26.5. The Labute approximate surface area is 211 Å². The summed E-state index contributed by atoms with van der Waals surface area (Å²) >= 11 is 0. The monoisotopic (exact) mass is 526 g/mol. The maximum absolute atomic E-state index is 13.1.